The van der Waals surface area contributed by atoms with E-state index in [-0.39, 0.29) is 12.0 Å². The van der Waals surface area contributed by atoms with Gasteiger partial charge >= 0.3 is 0 Å². The minimum Gasteiger partial charge on any atom is -0.497 e. The van der Waals surface area contributed by atoms with E-state index in [2.05, 4.69) is 34.5 Å². The number of carbonyl (C=O) groups is 1. The number of hydrogen-bond acceptors (Lipinski definition) is 4. The molecule has 1 atom stereocenters. The maximum absolute atomic E-state index is 12.1. The summed E-state index contributed by atoms with van der Waals surface area (Å²) in [7, 11) is 1.64. The Labute approximate surface area is 161 Å². The van der Waals surface area contributed by atoms with E-state index < -0.39 is 0 Å². The number of hydrogen-bond donors (Lipinski definition) is 1. The summed E-state index contributed by atoms with van der Waals surface area (Å²) in [6.07, 6.45) is 1.48. The Morgan fingerprint density at radius 3 is 2.70 bits per heavy atom. The first kappa shape index (κ1) is 19.4. The second-order valence-electron chi connectivity index (χ2n) is 6.80. The SMILES string of the molecule is COc1ccc(CC(=O)NCCCN2CCO[C@H](c3ccccc3)C2)cc1. The monoisotopic (exact) mass is 368 g/mol. The van der Waals surface area contributed by atoms with Gasteiger partial charge in [-0.25, -0.2) is 0 Å². The van der Waals surface area contributed by atoms with Crippen LogP contribution in [0.15, 0.2) is 54.6 Å². The van der Waals surface area contributed by atoms with Gasteiger partial charge in [0.1, 0.15) is 5.75 Å². The lowest BCUT2D eigenvalue weighted by Crippen LogP contribution is -2.40. The number of amides is 1. The fourth-order valence-corrected chi connectivity index (χ4v) is 3.30. The molecule has 1 fully saturated rings. The third-order valence-electron chi connectivity index (χ3n) is 4.82. The van der Waals surface area contributed by atoms with Crippen LogP contribution in [0.2, 0.25) is 0 Å². The molecule has 0 spiro atoms. The first-order chi connectivity index (χ1) is 13.2. The Hall–Kier alpha value is -2.37. The van der Waals surface area contributed by atoms with Crippen molar-refractivity contribution in [1.29, 1.82) is 0 Å². The lowest BCUT2D eigenvalue weighted by Gasteiger charge is -2.33. The van der Waals surface area contributed by atoms with Crippen LogP contribution in [0.3, 0.4) is 0 Å². The van der Waals surface area contributed by atoms with Crippen molar-refractivity contribution in [3.05, 3.63) is 65.7 Å². The molecule has 5 nitrogen and oxygen atoms in total. The van der Waals surface area contributed by atoms with Gasteiger partial charge in [-0.05, 0) is 29.7 Å². The molecule has 1 N–H and O–H groups in total. The van der Waals surface area contributed by atoms with Gasteiger partial charge in [-0.1, -0.05) is 42.5 Å². The van der Waals surface area contributed by atoms with E-state index in [0.29, 0.717) is 13.0 Å². The highest BCUT2D eigenvalue weighted by atomic mass is 16.5. The minimum atomic E-state index is 0.0595. The van der Waals surface area contributed by atoms with E-state index in [1.807, 2.05) is 30.3 Å². The molecular weight excluding hydrogens is 340 g/mol. The Bertz CT molecular complexity index is 703. The average Bonchev–Trinajstić information content (AvgIpc) is 2.73. The van der Waals surface area contributed by atoms with Crippen LogP contribution in [0.1, 0.15) is 23.7 Å². The van der Waals surface area contributed by atoms with Crippen molar-refractivity contribution in [3.8, 4) is 5.75 Å². The van der Waals surface area contributed by atoms with Crippen molar-refractivity contribution in [2.45, 2.75) is 18.9 Å². The number of benzene rings is 2. The average molecular weight is 368 g/mol. The number of carbonyl (C=O) groups excluding carboxylic acids is 1. The van der Waals surface area contributed by atoms with Crippen LogP contribution in [0.25, 0.3) is 0 Å². The Kier molecular flexibility index (Phi) is 7.25. The van der Waals surface area contributed by atoms with E-state index in [1.54, 1.807) is 7.11 Å². The summed E-state index contributed by atoms with van der Waals surface area (Å²) in [6, 6.07) is 18.0. The molecule has 1 saturated heterocycles. The van der Waals surface area contributed by atoms with Gasteiger partial charge in [-0.3, -0.25) is 9.69 Å². The molecule has 0 saturated carbocycles. The third-order valence-corrected chi connectivity index (χ3v) is 4.82. The first-order valence-corrected chi connectivity index (χ1v) is 9.53. The molecule has 144 valence electrons. The molecule has 0 aromatic heterocycles. The summed E-state index contributed by atoms with van der Waals surface area (Å²) < 4.78 is 11.0. The highest BCUT2D eigenvalue weighted by molar-refractivity contribution is 5.78. The van der Waals surface area contributed by atoms with Crippen LogP contribution in [0, 0.1) is 0 Å². The van der Waals surface area contributed by atoms with E-state index >= 15 is 0 Å². The van der Waals surface area contributed by atoms with Gasteiger partial charge in [0.2, 0.25) is 5.91 Å². The molecule has 3 rings (SSSR count). The molecule has 5 heteroatoms. The predicted octanol–water partition coefficient (Wildman–Crippen LogP) is 2.82. The van der Waals surface area contributed by atoms with Gasteiger partial charge in [-0.15, -0.1) is 0 Å². The zero-order chi connectivity index (χ0) is 18.9. The van der Waals surface area contributed by atoms with Gasteiger partial charge < -0.3 is 14.8 Å². The number of morpholine rings is 1. The van der Waals surface area contributed by atoms with Crippen LogP contribution in [0.4, 0.5) is 0 Å². The topological polar surface area (TPSA) is 50.8 Å². The molecule has 0 bridgehead atoms. The second kappa shape index (κ2) is 10.1. The summed E-state index contributed by atoms with van der Waals surface area (Å²) in [5.41, 5.74) is 2.22. The summed E-state index contributed by atoms with van der Waals surface area (Å²) >= 11 is 0. The second-order valence-corrected chi connectivity index (χ2v) is 6.80. The molecular formula is C22H28N2O3. The van der Waals surface area contributed by atoms with Crippen LogP contribution in [-0.2, 0) is 16.0 Å². The van der Waals surface area contributed by atoms with Crippen molar-refractivity contribution in [2.75, 3.05) is 39.9 Å². The molecule has 1 heterocycles. The van der Waals surface area contributed by atoms with Gasteiger partial charge in [0, 0.05) is 26.2 Å². The van der Waals surface area contributed by atoms with E-state index in [0.717, 1.165) is 44.0 Å². The summed E-state index contributed by atoms with van der Waals surface area (Å²) in [5, 5.41) is 3.01. The highest BCUT2D eigenvalue weighted by Crippen LogP contribution is 2.21. The van der Waals surface area contributed by atoms with Gasteiger partial charge in [0.25, 0.3) is 0 Å². The zero-order valence-corrected chi connectivity index (χ0v) is 15.9. The number of methoxy groups -OCH3 is 1. The standard InChI is InChI=1S/C22H28N2O3/c1-26-20-10-8-18(9-11-20)16-22(25)23-12-5-13-24-14-15-27-21(17-24)19-6-3-2-4-7-19/h2-4,6-11,21H,5,12-17H2,1H3,(H,23,25)/t21-/m0/s1. The van der Waals surface area contributed by atoms with E-state index in [4.69, 9.17) is 9.47 Å². The lowest BCUT2D eigenvalue weighted by atomic mass is 10.1. The Balaban J connectivity index is 1.35. The molecule has 0 radical (unpaired) electrons. The normalized spacial score (nSPS) is 17.4. The number of rotatable bonds is 8. The third kappa shape index (κ3) is 6.08. The molecule has 1 aliphatic heterocycles. The Morgan fingerprint density at radius 1 is 1.19 bits per heavy atom. The van der Waals surface area contributed by atoms with Crippen LogP contribution in [-0.4, -0.2) is 50.7 Å². The van der Waals surface area contributed by atoms with E-state index in [1.165, 1.54) is 5.56 Å². The maximum atomic E-state index is 12.1. The Morgan fingerprint density at radius 2 is 1.96 bits per heavy atom. The van der Waals surface area contributed by atoms with E-state index in [9.17, 15) is 4.79 Å². The molecule has 1 amide bonds. The molecule has 1 aliphatic rings. The van der Waals surface area contributed by atoms with Crippen molar-refractivity contribution >= 4 is 5.91 Å². The quantitative estimate of drug-likeness (QED) is 0.728. The molecule has 27 heavy (non-hydrogen) atoms. The summed E-state index contributed by atoms with van der Waals surface area (Å²) in [5.74, 6) is 0.864. The van der Waals surface area contributed by atoms with Crippen molar-refractivity contribution in [2.24, 2.45) is 0 Å². The smallest absolute Gasteiger partial charge is 0.224 e. The fraction of sp³-hybridized carbons (Fsp3) is 0.409. The molecule has 2 aromatic rings. The molecule has 0 aliphatic carbocycles. The zero-order valence-electron chi connectivity index (χ0n) is 15.9. The number of nitrogens with zero attached hydrogens (tertiary/aromatic N) is 1. The van der Waals surface area contributed by atoms with Gasteiger partial charge in [0.05, 0.1) is 26.2 Å². The van der Waals surface area contributed by atoms with Gasteiger partial charge in [0.15, 0.2) is 0 Å². The minimum absolute atomic E-state index is 0.0595. The highest BCUT2D eigenvalue weighted by Gasteiger charge is 2.21. The summed E-state index contributed by atoms with van der Waals surface area (Å²) in [4.78, 5) is 14.5. The van der Waals surface area contributed by atoms with Crippen molar-refractivity contribution in [3.63, 3.8) is 0 Å². The number of ether oxygens (including phenoxy) is 2. The summed E-state index contributed by atoms with van der Waals surface area (Å²) in [6.45, 7) is 4.27. The predicted molar refractivity (Wildman–Crippen MR) is 106 cm³/mol. The first-order valence-electron chi connectivity index (χ1n) is 9.53. The van der Waals surface area contributed by atoms with Crippen molar-refractivity contribution < 1.29 is 14.3 Å². The lowest BCUT2D eigenvalue weighted by molar-refractivity contribution is -0.120. The van der Waals surface area contributed by atoms with Crippen LogP contribution < -0.4 is 10.1 Å². The largest absolute Gasteiger partial charge is 0.497 e. The maximum Gasteiger partial charge on any atom is 0.224 e. The number of nitrogens with one attached hydrogen (secondary N) is 1. The molecule has 2 aromatic carbocycles. The van der Waals surface area contributed by atoms with Crippen LogP contribution in [0.5, 0.6) is 5.75 Å². The fourth-order valence-electron chi connectivity index (χ4n) is 3.30. The molecule has 0 unspecified atom stereocenters. The van der Waals surface area contributed by atoms with Crippen molar-refractivity contribution in [1.82, 2.24) is 10.2 Å². The van der Waals surface area contributed by atoms with Crippen LogP contribution >= 0.6 is 0 Å². The van der Waals surface area contributed by atoms with Gasteiger partial charge in [-0.2, -0.15) is 0 Å².